The van der Waals surface area contributed by atoms with E-state index in [0.717, 1.165) is 16.9 Å². The lowest BCUT2D eigenvalue weighted by atomic mass is 9.96. The van der Waals surface area contributed by atoms with Gasteiger partial charge in [-0.15, -0.1) is 0 Å². The number of rotatable bonds is 10. The van der Waals surface area contributed by atoms with Gasteiger partial charge < -0.3 is 9.47 Å². The van der Waals surface area contributed by atoms with Gasteiger partial charge in [0.1, 0.15) is 18.2 Å². The van der Waals surface area contributed by atoms with Gasteiger partial charge in [-0.05, 0) is 78.9 Å². The van der Waals surface area contributed by atoms with Gasteiger partial charge in [-0.25, -0.2) is 9.37 Å². The number of aryl methyl sites for hydroxylation is 1. The number of aromatic nitrogens is 2. The van der Waals surface area contributed by atoms with Crippen molar-refractivity contribution in [1.29, 1.82) is 0 Å². The minimum Gasteiger partial charge on any atom is -0.494 e. The summed E-state index contributed by atoms with van der Waals surface area (Å²) in [7, 11) is 0. The molecule has 0 saturated heterocycles. The first-order valence-corrected chi connectivity index (χ1v) is 14.2. The molecular weight excluding hydrogens is 563 g/mol. The van der Waals surface area contributed by atoms with E-state index in [2.05, 4.69) is 18.9 Å². The molecule has 0 N–H and O–H groups in total. The molecule has 1 aromatic heterocycles. The van der Waals surface area contributed by atoms with Crippen LogP contribution in [0.4, 0.5) is 10.1 Å². The molecule has 0 aliphatic rings. The molecule has 0 aliphatic carbocycles. The van der Waals surface area contributed by atoms with Gasteiger partial charge in [0.2, 0.25) is 5.75 Å². The fourth-order valence-corrected chi connectivity index (χ4v) is 4.88. The van der Waals surface area contributed by atoms with Crippen molar-refractivity contribution in [3.05, 3.63) is 127 Å². The molecular formula is C34H31FN4O5. The predicted molar refractivity (Wildman–Crippen MR) is 168 cm³/mol. The number of nitrogens with zero attached hydrogens (tertiary/aromatic N) is 4. The summed E-state index contributed by atoms with van der Waals surface area (Å²) in [5, 5.41) is 16.8. The highest BCUT2D eigenvalue weighted by molar-refractivity contribution is 5.86. The SMILES string of the molecule is CCOc1cc(C)c(-c2nc3ccccc3c(=O)n2N=Cc2cccc([N+](=O)[O-])c2OCc2ccc(F)cc2)cc1C(C)C. The number of hydrogen-bond acceptors (Lipinski definition) is 7. The van der Waals surface area contributed by atoms with E-state index in [9.17, 15) is 19.3 Å². The minimum atomic E-state index is -0.552. The lowest BCUT2D eigenvalue weighted by Crippen LogP contribution is -2.21. The van der Waals surface area contributed by atoms with Crippen molar-refractivity contribution in [3.8, 4) is 22.9 Å². The van der Waals surface area contributed by atoms with Crippen LogP contribution < -0.4 is 15.0 Å². The number of halogens is 1. The molecule has 10 heteroatoms. The summed E-state index contributed by atoms with van der Waals surface area (Å²) in [6.07, 6.45) is 1.35. The summed E-state index contributed by atoms with van der Waals surface area (Å²) >= 11 is 0. The summed E-state index contributed by atoms with van der Waals surface area (Å²) < 4.78 is 26.4. The van der Waals surface area contributed by atoms with Crippen molar-refractivity contribution < 1.29 is 18.8 Å². The normalized spacial score (nSPS) is 11.4. The maximum absolute atomic E-state index is 13.9. The molecule has 0 bridgehead atoms. The molecule has 4 aromatic carbocycles. The zero-order valence-electron chi connectivity index (χ0n) is 24.8. The third-order valence-electron chi connectivity index (χ3n) is 7.10. The van der Waals surface area contributed by atoms with Crippen molar-refractivity contribution in [2.24, 2.45) is 5.10 Å². The van der Waals surface area contributed by atoms with Gasteiger partial charge in [0, 0.05) is 17.2 Å². The highest BCUT2D eigenvalue weighted by Gasteiger charge is 2.21. The fraction of sp³-hybridized carbons (Fsp3) is 0.206. The Labute approximate surface area is 253 Å². The molecule has 0 aliphatic heterocycles. The van der Waals surface area contributed by atoms with E-state index in [4.69, 9.17) is 14.5 Å². The first kappa shape index (κ1) is 30.1. The Balaban J connectivity index is 1.66. The molecule has 44 heavy (non-hydrogen) atoms. The summed E-state index contributed by atoms with van der Waals surface area (Å²) in [6.45, 7) is 8.43. The van der Waals surface area contributed by atoms with E-state index in [-0.39, 0.29) is 29.5 Å². The van der Waals surface area contributed by atoms with E-state index in [0.29, 0.717) is 34.5 Å². The monoisotopic (exact) mass is 594 g/mol. The van der Waals surface area contributed by atoms with E-state index in [1.54, 1.807) is 24.3 Å². The molecule has 0 unspecified atom stereocenters. The Morgan fingerprint density at radius 3 is 2.50 bits per heavy atom. The Hall–Kier alpha value is -5.38. The second-order valence-electron chi connectivity index (χ2n) is 10.5. The standard InChI is InChI=1S/C34H31FN4O5/c1-5-43-31-17-22(4)28(18-27(31)21(2)3)33-37-29-11-7-6-10-26(29)34(40)38(33)36-19-24-9-8-12-30(39(41)42)32(24)44-20-23-13-15-25(35)16-14-23/h6-19,21H,5,20H2,1-4H3. The first-order valence-electron chi connectivity index (χ1n) is 14.2. The topological polar surface area (TPSA) is 109 Å². The van der Waals surface area contributed by atoms with Gasteiger partial charge in [-0.3, -0.25) is 14.9 Å². The molecule has 224 valence electrons. The van der Waals surface area contributed by atoms with Crippen molar-refractivity contribution in [2.75, 3.05) is 6.61 Å². The molecule has 0 radical (unpaired) electrons. The van der Waals surface area contributed by atoms with Crippen LogP contribution in [0.25, 0.3) is 22.3 Å². The molecule has 5 aromatic rings. The van der Waals surface area contributed by atoms with Crippen LogP contribution in [0.5, 0.6) is 11.5 Å². The average molecular weight is 595 g/mol. The predicted octanol–water partition coefficient (Wildman–Crippen LogP) is 7.40. The van der Waals surface area contributed by atoms with Crippen molar-refractivity contribution >= 4 is 22.8 Å². The molecule has 0 spiro atoms. The number of nitro benzene ring substituents is 1. The van der Waals surface area contributed by atoms with Crippen LogP contribution in [0.3, 0.4) is 0 Å². The summed E-state index contributed by atoms with van der Waals surface area (Å²) in [4.78, 5) is 30.0. The fourth-order valence-electron chi connectivity index (χ4n) is 4.88. The number of hydrogen-bond donors (Lipinski definition) is 0. The lowest BCUT2D eigenvalue weighted by molar-refractivity contribution is -0.385. The Morgan fingerprint density at radius 2 is 1.80 bits per heavy atom. The molecule has 9 nitrogen and oxygen atoms in total. The van der Waals surface area contributed by atoms with Crippen LogP contribution in [0, 0.1) is 22.9 Å². The van der Waals surface area contributed by atoms with Crippen molar-refractivity contribution in [2.45, 2.75) is 40.2 Å². The molecule has 0 amide bonds. The van der Waals surface area contributed by atoms with Crippen molar-refractivity contribution in [1.82, 2.24) is 9.66 Å². The molecule has 1 heterocycles. The van der Waals surface area contributed by atoms with Crippen LogP contribution in [-0.2, 0) is 6.61 Å². The van der Waals surface area contributed by atoms with Gasteiger partial charge in [-0.2, -0.15) is 9.78 Å². The van der Waals surface area contributed by atoms with E-state index >= 15 is 0 Å². The number of ether oxygens (including phenoxy) is 2. The van der Waals surface area contributed by atoms with Gasteiger partial charge in [0.15, 0.2) is 5.82 Å². The summed E-state index contributed by atoms with van der Waals surface area (Å²) in [5.41, 5.74) is 3.23. The van der Waals surface area contributed by atoms with Crippen LogP contribution in [0.2, 0.25) is 0 Å². The summed E-state index contributed by atoms with van der Waals surface area (Å²) in [5.74, 6) is 0.771. The molecule has 0 fully saturated rings. The molecule has 5 rings (SSSR count). The zero-order valence-corrected chi connectivity index (χ0v) is 24.8. The number of benzene rings is 4. The van der Waals surface area contributed by atoms with Gasteiger partial charge >= 0.3 is 5.69 Å². The van der Waals surface area contributed by atoms with Crippen LogP contribution in [0.1, 0.15) is 48.9 Å². The number of fused-ring (bicyclic) bond motifs is 1. The first-order chi connectivity index (χ1) is 21.2. The maximum atomic E-state index is 13.9. The van der Waals surface area contributed by atoms with E-state index in [1.165, 1.54) is 47.3 Å². The Morgan fingerprint density at radius 1 is 1.05 bits per heavy atom. The number of nitro groups is 1. The molecule has 0 atom stereocenters. The van der Waals surface area contributed by atoms with Gasteiger partial charge in [0.05, 0.1) is 28.6 Å². The summed E-state index contributed by atoms with van der Waals surface area (Å²) in [6, 6.07) is 21.0. The highest BCUT2D eigenvalue weighted by Crippen LogP contribution is 2.35. The second-order valence-corrected chi connectivity index (χ2v) is 10.5. The van der Waals surface area contributed by atoms with Crippen molar-refractivity contribution in [3.63, 3.8) is 0 Å². The highest BCUT2D eigenvalue weighted by atomic mass is 19.1. The van der Waals surface area contributed by atoms with E-state index < -0.39 is 16.3 Å². The van der Waals surface area contributed by atoms with Gasteiger partial charge in [-0.1, -0.05) is 44.2 Å². The quantitative estimate of drug-likeness (QED) is 0.0947. The Bertz CT molecular complexity index is 1930. The zero-order chi connectivity index (χ0) is 31.4. The van der Waals surface area contributed by atoms with Crippen LogP contribution >= 0.6 is 0 Å². The largest absolute Gasteiger partial charge is 0.494 e. The minimum absolute atomic E-state index is 0.0340. The van der Waals surface area contributed by atoms with Gasteiger partial charge in [0.25, 0.3) is 5.56 Å². The number of para-hydroxylation sites is 2. The Kier molecular flexibility index (Phi) is 8.80. The average Bonchev–Trinajstić information content (AvgIpc) is 3.00. The van der Waals surface area contributed by atoms with E-state index in [1.807, 2.05) is 32.0 Å². The van der Waals surface area contributed by atoms with Crippen LogP contribution in [-0.4, -0.2) is 27.4 Å². The lowest BCUT2D eigenvalue weighted by Gasteiger charge is -2.18. The molecule has 0 saturated carbocycles. The maximum Gasteiger partial charge on any atom is 0.311 e. The third-order valence-corrected chi connectivity index (χ3v) is 7.10. The smallest absolute Gasteiger partial charge is 0.311 e. The van der Waals surface area contributed by atoms with Crippen LogP contribution in [0.15, 0.2) is 88.8 Å². The third kappa shape index (κ3) is 6.19. The second kappa shape index (κ2) is 12.9.